The van der Waals surface area contributed by atoms with Crippen LogP contribution in [-0.2, 0) is 11.3 Å². The number of benzene rings is 1. The van der Waals surface area contributed by atoms with Crippen LogP contribution in [-0.4, -0.2) is 63.7 Å². The summed E-state index contributed by atoms with van der Waals surface area (Å²) >= 11 is 0. The molecule has 0 aliphatic carbocycles. The van der Waals surface area contributed by atoms with Gasteiger partial charge in [-0.25, -0.2) is 8.78 Å². The Balaban J connectivity index is 1.88. The average Bonchev–Trinajstić information content (AvgIpc) is 2.93. The van der Waals surface area contributed by atoms with Gasteiger partial charge in [-0.05, 0) is 31.8 Å². The van der Waals surface area contributed by atoms with Crippen molar-refractivity contribution in [1.29, 1.82) is 0 Å². The van der Waals surface area contributed by atoms with Crippen molar-refractivity contribution < 1.29 is 23.0 Å². The molecule has 1 heterocycles. The number of rotatable bonds is 8. The van der Waals surface area contributed by atoms with E-state index in [2.05, 4.69) is 10.6 Å². The van der Waals surface area contributed by atoms with Crippen LogP contribution in [0.15, 0.2) is 18.2 Å². The zero-order valence-electron chi connectivity index (χ0n) is 14.8. The molecule has 0 aromatic heterocycles. The summed E-state index contributed by atoms with van der Waals surface area (Å²) in [5, 5.41) is 5.21. The summed E-state index contributed by atoms with van der Waals surface area (Å²) in [5.74, 6) is -2.06. The van der Waals surface area contributed by atoms with Crippen LogP contribution in [0.4, 0.5) is 8.78 Å². The molecule has 1 aromatic rings. The van der Waals surface area contributed by atoms with Crippen molar-refractivity contribution in [2.45, 2.75) is 24.9 Å². The molecule has 25 heavy (non-hydrogen) atoms. The zero-order valence-corrected chi connectivity index (χ0v) is 14.8. The third kappa shape index (κ3) is 5.82. The molecule has 1 aliphatic heterocycles. The van der Waals surface area contributed by atoms with Crippen LogP contribution in [0.3, 0.4) is 0 Å². The smallest absolute Gasteiger partial charge is 0.262 e. The van der Waals surface area contributed by atoms with Crippen LogP contribution in [0.1, 0.15) is 12.0 Å². The normalized spacial score (nSPS) is 19.0. The molecular weight excluding hydrogens is 332 g/mol. The monoisotopic (exact) mass is 357 g/mol. The SMILES string of the molecule is COc1cc(CNC(=O)C2CC(F)(F)CN2)ccc1OCCN(C)C. The summed E-state index contributed by atoms with van der Waals surface area (Å²) in [6, 6.07) is 4.50. The van der Waals surface area contributed by atoms with Crippen LogP contribution in [0.25, 0.3) is 0 Å². The van der Waals surface area contributed by atoms with E-state index in [-0.39, 0.29) is 6.54 Å². The Hall–Kier alpha value is -1.93. The van der Waals surface area contributed by atoms with Crippen molar-refractivity contribution in [1.82, 2.24) is 15.5 Å². The van der Waals surface area contributed by atoms with Crippen LogP contribution in [0, 0.1) is 0 Å². The first-order valence-electron chi connectivity index (χ1n) is 8.14. The fourth-order valence-electron chi connectivity index (χ4n) is 2.49. The van der Waals surface area contributed by atoms with Crippen molar-refractivity contribution in [2.24, 2.45) is 0 Å². The van der Waals surface area contributed by atoms with Crippen molar-refractivity contribution in [2.75, 3.05) is 40.9 Å². The van der Waals surface area contributed by atoms with E-state index in [0.29, 0.717) is 18.1 Å². The molecule has 1 unspecified atom stereocenters. The lowest BCUT2D eigenvalue weighted by Gasteiger charge is -2.15. The van der Waals surface area contributed by atoms with E-state index in [1.807, 2.05) is 25.1 Å². The Kier molecular flexibility index (Phi) is 6.55. The van der Waals surface area contributed by atoms with Gasteiger partial charge in [0.15, 0.2) is 11.5 Å². The summed E-state index contributed by atoms with van der Waals surface area (Å²) < 4.78 is 37.3. The van der Waals surface area contributed by atoms with Gasteiger partial charge < -0.3 is 19.7 Å². The first-order valence-corrected chi connectivity index (χ1v) is 8.14. The number of nitrogens with one attached hydrogen (secondary N) is 2. The van der Waals surface area contributed by atoms with E-state index in [4.69, 9.17) is 9.47 Å². The van der Waals surface area contributed by atoms with E-state index in [1.54, 1.807) is 19.2 Å². The number of amides is 1. The summed E-state index contributed by atoms with van der Waals surface area (Å²) in [5.41, 5.74) is 0.801. The predicted octanol–water partition coefficient (Wildman–Crippen LogP) is 1.25. The van der Waals surface area contributed by atoms with E-state index in [9.17, 15) is 13.6 Å². The summed E-state index contributed by atoms with van der Waals surface area (Å²) in [6.07, 6.45) is -0.471. The van der Waals surface area contributed by atoms with Crippen LogP contribution < -0.4 is 20.1 Å². The van der Waals surface area contributed by atoms with Gasteiger partial charge in [0.2, 0.25) is 5.91 Å². The Morgan fingerprint density at radius 3 is 2.76 bits per heavy atom. The second kappa shape index (κ2) is 8.44. The number of carbonyl (C=O) groups is 1. The van der Waals surface area contributed by atoms with Crippen molar-refractivity contribution in [3.8, 4) is 11.5 Å². The maximum absolute atomic E-state index is 13.1. The molecule has 1 fully saturated rings. The van der Waals surface area contributed by atoms with E-state index < -0.39 is 30.8 Å². The summed E-state index contributed by atoms with van der Waals surface area (Å²) in [4.78, 5) is 14.0. The van der Waals surface area contributed by atoms with Gasteiger partial charge in [0.05, 0.1) is 19.7 Å². The van der Waals surface area contributed by atoms with Gasteiger partial charge in [-0.3, -0.25) is 10.1 Å². The van der Waals surface area contributed by atoms with Gasteiger partial charge >= 0.3 is 0 Å². The van der Waals surface area contributed by atoms with E-state index in [0.717, 1.165) is 12.1 Å². The summed E-state index contributed by atoms with van der Waals surface area (Å²) in [6.45, 7) is 1.08. The molecule has 140 valence electrons. The number of likely N-dealkylation sites (N-methyl/N-ethyl adjacent to an activating group) is 1. The Labute approximate surface area is 146 Å². The number of ether oxygens (including phenoxy) is 2. The number of methoxy groups -OCH3 is 1. The highest BCUT2D eigenvalue weighted by molar-refractivity contribution is 5.82. The van der Waals surface area contributed by atoms with Crippen molar-refractivity contribution in [3.63, 3.8) is 0 Å². The fraction of sp³-hybridized carbons (Fsp3) is 0.588. The van der Waals surface area contributed by atoms with E-state index >= 15 is 0 Å². The quantitative estimate of drug-likeness (QED) is 0.733. The third-order valence-corrected chi connectivity index (χ3v) is 3.92. The van der Waals surface area contributed by atoms with Crippen molar-refractivity contribution >= 4 is 5.91 Å². The molecule has 1 aliphatic rings. The molecule has 1 aromatic carbocycles. The minimum Gasteiger partial charge on any atom is -0.493 e. The maximum Gasteiger partial charge on any atom is 0.262 e. The highest BCUT2D eigenvalue weighted by Gasteiger charge is 2.42. The lowest BCUT2D eigenvalue weighted by atomic mass is 10.1. The minimum absolute atomic E-state index is 0.233. The van der Waals surface area contributed by atoms with Crippen LogP contribution in [0.2, 0.25) is 0 Å². The molecule has 1 atom stereocenters. The Morgan fingerprint density at radius 1 is 1.40 bits per heavy atom. The topological polar surface area (TPSA) is 62.8 Å². The number of hydrogen-bond donors (Lipinski definition) is 2. The molecular formula is C17H25F2N3O3. The van der Waals surface area contributed by atoms with Gasteiger partial charge in [0.25, 0.3) is 5.92 Å². The molecule has 0 bridgehead atoms. The van der Waals surface area contributed by atoms with Gasteiger partial charge in [0, 0.05) is 19.5 Å². The molecule has 0 spiro atoms. The number of carbonyl (C=O) groups excluding carboxylic acids is 1. The first-order chi connectivity index (χ1) is 11.8. The Morgan fingerprint density at radius 2 is 2.16 bits per heavy atom. The lowest BCUT2D eigenvalue weighted by Crippen LogP contribution is -2.40. The van der Waals surface area contributed by atoms with Gasteiger partial charge in [-0.1, -0.05) is 6.07 Å². The summed E-state index contributed by atoms with van der Waals surface area (Å²) in [7, 11) is 5.46. The maximum atomic E-state index is 13.1. The number of alkyl halides is 2. The van der Waals surface area contributed by atoms with E-state index in [1.165, 1.54) is 0 Å². The Bertz CT molecular complexity index is 597. The first kappa shape index (κ1) is 19.4. The fourth-order valence-corrected chi connectivity index (χ4v) is 2.49. The molecule has 0 radical (unpaired) electrons. The number of halogens is 2. The highest BCUT2D eigenvalue weighted by Crippen LogP contribution is 2.28. The largest absolute Gasteiger partial charge is 0.493 e. The average molecular weight is 357 g/mol. The number of hydrogen-bond acceptors (Lipinski definition) is 5. The third-order valence-electron chi connectivity index (χ3n) is 3.92. The molecule has 1 saturated heterocycles. The van der Waals surface area contributed by atoms with Gasteiger partial charge in [0.1, 0.15) is 6.61 Å². The molecule has 8 heteroatoms. The molecule has 2 rings (SSSR count). The van der Waals surface area contributed by atoms with Gasteiger partial charge in [-0.15, -0.1) is 0 Å². The second-order valence-corrected chi connectivity index (χ2v) is 6.35. The van der Waals surface area contributed by atoms with Crippen LogP contribution in [0.5, 0.6) is 11.5 Å². The minimum atomic E-state index is -2.82. The highest BCUT2D eigenvalue weighted by atomic mass is 19.3. The van der Waals surface area contributed by atoms with Crippen molar-refractivity contribution in [3.05, 3.63) is 23.8 Å². The molecule has 1 amide bonds. The predicted molar refractivity (Wildman–Crippen MR) is 90.2 cm³/mol. The zero-order chi connectivity index (χ0) is 18.4. The molecule has 0 saturated carbocycles. The van der Waals surface area contributed by atoms with Crippen LogP contribution >= 0.6 is 0 Å². The molecule has 2 N–H and O–H groups in total. The number of nitrogens with zero attached hydrogens (tertiary/aromatic N) is 1. The lowest BCUT2D eigenvalue weighted by molar-refractivity contribution is -0.123. The second-order valence-electron chi connectivity index (χ2n) is 6.35. The standard InChI is InChI=1S/C17H25F2N3O3/c1-22(2)6-7-25-14-5-4-12(8-15(14)24-3)10-20-16(23)13-9-17(18,19)11-21-13/h4-5,8,13,21H,6-7,9-11H2,1-3H3,(H,20,23). The van der Waals surface area contributed by atoms with Gasteiger partial charge in [-0.2, -0.15) is 0 Å². The molecule has 6 nitrogen and oxygen atoms in total.